The summed E-state index contributed by atoms with van der Waals surface area (Å²) in [4.78, 5) is 29.8. The summed E-state index contributed by atoms with van der Waals surface area (Å²) in [5.41, 5.74) is -0.0215. The number of nitrogens with zero attached hydrogens (tertiary/aromatic N) is 1. The predicted molar refractivity (Wildman–Crippen MR) is 135 cm³/mol. The maximum atomic E-state index is 12.8. The molecule has 0 aliphatic carbocycles. The minimum atomic E-state index is -1.77. The Morgan fingerprint density at radius 3 is 2.15 bits per heavy atom. The van der Waals surface area contributed by atoms with Crippen molar-refractivity contribution in [1.82, 2.24) is 4.98 Å². The lowest BCUT2D eigenvalue weighted by molar-refractivity contribution is -0.152. The molecule has 2 unspecified atom stereocenters. The predicted octanol–water partition coefficient (Wildman–Crippen LogP) is 6.21. The third-order valence-electron chi connectivity index (χ3n) is 6.23. The highest BCUT2D eigenvalue weighted by atomic mass is 32.1. The first-order valence-electron chi connectivity index (χ1n) is 11.5. The lowest BCUT2D eigenvalue weighted by Crippen LogP contribution is -2.29. The third kappa shape index (κ3) is 7.49. The topological polar surface area (TPSA) is 74.7 Å². The van der Waals surface area contributed by atoms with Gasteiger partial charge in [0.1, 0.15) is 11.2 Å². The van der Waals surface area contributed by atoms with Crippen LogP contribution in [-0.4, -0.2) is 36.4 Å². The minimum absolute atomic E-state index is 0.202. The Labute approximate surface area is 204 Å². The molecule has 0 N–H and O–H groups in total. The number of carbonyl (C=O) groups excluding carboxylic acids is 2. The summed E-state index contributed by atoms with van der Waals surface area (Å²) in [5, 5.41) is 2.96. The number of thiazole rings is 1. The van der Waals surface area contributed by atoms with Crippen molar-refractivity contribution >= 4 is 31.6 Å². The Balaban J connectivity index is 2.11. The molecule has 1 aliphatic rings. The molecule has 0 bridgehead atoms. The second-order valence-corrected chi connectivity index (χ2v) is 17.5. The first-order valence-corrected chi connectivity index (χ1v) is 15.0. The quantitative estimate of drug-likeness (QED) is 0.254. The van der Waals surface area contributed by atoms with E-state index in [-0.39, 0.29) is 22.4 Å². The molecule has 186 valence electrons. The van der Waals surface area contributed by atoms with Crippen molar-refractivity contribution in [2.75, 3.05) is 0 Å². The van der Waals surface area contributed by atoms with Gasteiger partial charge in [-0.05, 0) is 64.6 Å². The summed E-state index contributed by atoms with van der Waals surface area (Å²) < 4.78 is 17.3. The third-order valence-corrected chi connectivity index (χ3v) is 12.1. The van der Waals surface area contributed by atoms with E-state index < -0.39 is 31.5 Å². The summed E-state index contributed by atoms with van der Waals surface area (Å²) in [7, 11) is -1.77. The smallest absolute Gasteiger partial charge is 0.335 e. The molecule has 0 aromatic carbocycles. The van der Waals surface area contributed by atoms with Crippen molar-refractivity contribution in [2.45, 2.75) is 111 Å². The van der Waals surface area contributed by atoms with Gasteiger partial charge in [0.2, 0.25) is 0 Å². The summed E-state index contributed by atoms with van der Waals surface area (Å²) in [6, 6.07) is 1.15. The Morgan fingerprint density at radius 2 is 1.67 bits per heavy atom. The van der Waals surface area contributed by atoms with Gasteiger partial charge in [0.05, 0.1) is 22.9 Å². The van der Waals surface area contributed by atoms with Gasteiger partial charge in [-0.3, -0.25) is 0 Å². The van der Waals surface area contributed by atoms with E-state index in [1.54, 1.807) is 41.5 Å². The van der Waals surface area contributed by atoms with E-state index in [4.69, 9.17) is 13.9 Å². The van der Waals surface area contributed by atoms with Crippen LogP contribution in [0.5, 0.6) is 0 Å². The fourth-order valence-electron chi connectivity index (χ4n) is 3.79. The largest absolute Gasteiger partial charge is 0.457 e. The molecular formula is C25H41NO5SSi. The van der Waals surface area contributed by atoms with Crippen molar-refractivity contribution in [3.63, 3.8) is 0 Å². The monoisotopic (exact) mass is 495 g/mol. The van der Waals surface area contributed by atoms with E-state index in [0.29, 0.717) is 6.61 Å². The van der Waals surface area contributed by atoms with Crippen LogP contribution >= 0.6 is 11.3 Å². The second kappa shape index (κ2) is 9.27. The lowest BCUT2D eigenvalue weighted by Gasteiger charge is -2.31. The van der Waals surface area contributed by atoms with Crippen LogP contribution in [0, 0.1) is 5.41 Å². The molecule has 0 spiro atoms. The molecule has 1 fully saturated rings. The molecule has 2 rings (SSSR count). The standard InChI is InChI=1S/C25H41NO5SSi/c1-22(2,3)25(10)16-33(25,11)29-14-18-15-32-19(26-18)12-17(21(28)31-24(7,8)9)13-20(27)30-23(4,5)6/h13,15H,12,14,16H2,1-11H3/b17-13-. The molecule has 33 heavy (non-hydrogen) atoms. The van der Waals surface area contributed by atoms with Gasteiger partial charge in [0.25, 0.3) is 0 Å². The first-order chi connectivity index (χ1) is 14.7. The van der Waals surface area contributed by atoms with Gasteiger partial charge in [0, 0.05) is 17.9 Å². The molecule has 2 atom stereocenters. The van der Waals surface area contributed by atoms with Crippen LogP contribution in [0.1, 0.15) is 79.9 Å². The van der Waals surface area contributed by atoms with Crippen LogP contribution in [-0.2, 0) is 36.5 Å². The van der Waals surface area contributed by atoms with Gasteiger partial charge in [-0.2, -0.15) is 0 Å². The number of hydrogen-bond donors (Lipinski definition) is 0. The van der Waals surface area contributed by atoms with Crippen LogP contribution < -0.4 is 0 Å². The van der Waals surface area contributed by atoms with Gasteiger partial charge in [-0.25, -0.2) is 14.6 Å². The van der Waals surface area contributed by atoms with Crippen LogP contribution in [0.4, 0.5) is 0 Å². The van der Waals surface area contributed by atoms with Crippen molar-refractivity contribution in [3.8, 4) is 0 Å². The maximum absolute atomic E-state index is 12.8. The zero-order chi connectivity index (χ0) is 25.5. The molecule has 6 nitrogen and oxygen atoms in total. The number of rotatable bonds is 7. The van der Waals surface area contributed by atoms with Gasteiger partial charge < -0.3 is 13.9 Å². The van der Waals surface area contributed by atoms with Crippen LogP contribution in [0.15, 0.2) is 17.0 Å². The molecule has 8 heteroatoms. The van der Waals surface area contributed by atoms with Crippen molar-refractivity contribution in [1.29, 1.82) is 0 Å². The van der Waals surface area contributed by atoms with Crippen LogP contribution in [0.2, 0.25) is 17.6 Å². The van der Waals surface area contributed by atoms with Gasteiger partial charge in [-0.15, -0.1) is 11.3 Å². The van der Waals surface area contributed by atoms with E-state index in [0.717, 1.165) is 16.7 Å². The zero-order valence-electron chi connectivity index (χ0n) is 22.2. The van der Waals surface area contributed by atoms with Crippen LogP contribution in [0.3, 0.4) is 0 Å². The van der Waals surface area contributed by atoms with E-state index in [1.807, 2.05) is 5.38 Å². The van der Waals surface area contributed by atoms with Crippen molar-refractivity contribution in [3.05, 3.63) is 27.7 Å². The highest BCUT2D eigenvalue weighted by Crippen LogP contribution is 2.72. The number of esters is 2. The first kappa shape index (κ1) is 27.7. The summed E-state index contributed by atoms with van der Waals surface area (Å²) >= 11 is 1.45. The summed E-state index contributed by atoms with van der Waals surface area (Å²) in [5.74, 6) is -1.11. The SMILES string of the molecule is CC(C)(C)OC(=O)/C=C(/Cc1nc(CO[Si]2(C)CC2(C)C(C)(C)C)cs1)C(=O)OC(C)(C)C. The van der Waals surface area contributed by atoms with Crippen LogP contribution in [0.25, 0.3) is 0 Å². The molecule has 1 aromatic rings. The highest BCUT2D eigenvalue weighted by Gasteiger charge is 2.70. The number of ether oxygens (including phenoxy) is 2. The van der Waals surface area contributed by atoms with E-state index in [1.165, 1.54) is 17.4 Å². The lowest BCUT2D eigenvalue weighted by atomic mass is 9.83. The molecule has 1 aliphatic heterocycles. The fourth-order valence-corrected chi connectivity index (χ4v) is 9.60. The summed E-state index contributed by atoms with van der Waals surface area (Å²) in [6.45, 7) is 22.7. The van der Waals surface area contributed by atoms with Gasteiger partial charge in [-0.1, -0.05) is 27.7 Å². The average Bonchev–Trinajstić information content (AvgIpc) is 2.94. The second-order valence-electron chi connectivity index (χ2n) is 12.4. The van der Waals surface area contributed by atoms with Crippen molar-refractivity contribution < 1.29 is 23.5 Å². The molecule has 0 radical (unpaired) electrons. The van der Waals surface area contributed by atoms with Crippen molar-refractivity contribution in [2.24, 2.45) is 5.41 Å². The van der Waals surface area contributed by atoms with Gasteiger partial charge >= 0.3 is 11.9 Å². The normalized spacial score (nSPS) is 23.9. The van der Waals surface area contributed by atoms with E-state index in [2.05, 4.69) is 39.2 Å². The van der Waals surface area contributed by atoms with Gasteiger partial charge in [0.15, 0.2) is 8.32 Å². The molecule has 1 aromatic heterocycles. The Hall–Kier alpha value is -1.51. The number of aromatic nitrogens is 1. The van der Waals surface area contributed by atoms with E-state index >= 15 is 0 Å². The maximum Gasteiger partial charge on any atom is 0.335 e. The average molecular weight is 496 g/mol. The fraction of sp³-hybridized carbons (Fsp3) is 0.720. The highest BCUT2D eigenvalue weighted by molar-refractivity contribution is 7.09. The minimum Gasteiger partial charge on any atom is -0.457 e. The van der Waals surface area contributed by atoms with E-state index in [9.17, 15) is 9.59 Å². The molecule has 1 saturated heterocycles. The molecule has 2 heterocycles. The molecule has 0 saturated carbocycles. The number of hydrogen-bond acceptors (Lipinski definition) is 7. The molecule has 0 amide bonds. The molecular weight excluding hydrogens is 454 g/mol. The summed E-state index contributed by atoms with van der Waals surface area (Å²) in [6.07, 6.45) is 1.43. The Morgan fingerprint density at radius 1 is 1.09 bits per heavy atom. The Kier molecular flexibility index (Phi) is 7.79. The number of carbonyl (C=O) groups is 2. The zero-order valence-corrected chi connectivity index (χ0v) is 24.0. The Bertz CT molecular complexity index is 918.